The number of ether oxygens (including phenoxy) is 1. The molecule has 0 spiro atoms. The van der Waals surface area contributed by atoms with Gasteiger partial charge in [0, 0.05) is 13.1 Å². The van der Waals surface area contributed by atoms with E-state index in [1.54, 1.807) is 13.2 Å². The second kappa shape index (κ2) is 11.7. The molecule has 0 fully saturated rings. The van der Waals surface area contributed by atoms with Gasteiger partial charge in [-0.3, -0.25) is 4.79 Å². The maximum atomic E-state index is 12.9. The number of thioether (sulfide) groups is 1. The Morgan fingerprint density at radius 3 is 2.56 bits per heavy atom. The molecule has 0 radical (unpaired) electrons. The zero-order valence-electron chi connectivity index (χ0n) is 17.9. The van der Waals surface area contributed by atoms with Crippen LogP contribution >= 0.6 is 11.8 Å². The highest BCUT2D eigenvalue weighted by atomic mass is 32.2. The first-order valence-corrected chi connectivity index (χ1v) is 11.1. The van der Waals surface area contributed by atoms with Crippen molar-refractivity contribution < 1.29 is 9.53 Å². The predicted octanol–water partition coefficient (Wildman–Crippen LogP) is 4.31. The molecule has 3 rings (SSSR count). The SMILES string of the molecule is COc1cc(CNCc2ccccc2)ccc1C(=O)CC(=Nc1cnc(C#N)cn1)SC. The van der Waals surface area contributed by atoms with Gasteiger partial charge in [0.05, 0.1) is 36.5 Å². The zero-order valence-corrected chi connectivity index (χ0v) is 18.7. The summed E-state index contributed by atoms with van der Waals surface area (Å²) in [6, 6.07) is 17.7. The number of Topliss-reactive ketones (excluding diaryl/α,β-unsaturated/α-hetero) is 1. The van der Waals surface area contributed by atoms with E-state index in [4.69, 9.17) is 10.00 Å². The molecular formula is C24H23N5O2S. The molecule has 7 nitrogen and oxygen atoms in total. The minimum Gasteiger partial charge on any atom is -0.496 e. The lowest BCUT2D eigenvalue weighted by molar-refractivity contribution is 0.0998. The maximum absolute atomic E-state index is 12.9. The van der Waals surface area contributed by atoms with Crippen LogP contribution in [0.25, 0.3) is 0 Å². The van der Waals surface area contributed by atoms with Crippen LogP contribution in [0, 0.1) is 11.3 Å². The van der Waals surface area contributed by atoms with Crippen molar-refractivity contribution in [2.75, 3.05) is 13.4 Å². The summed E-state index contributed by atoms with van der Waals surface area (Å²) in [7, 11) is 1.56. The summed E-state index contributed by atoms with van der Waals surface area (Å²) in [6.45, 7) is 1.42. The number of hydrogen-bond donors (Lipinski definition) is 1. The first kappa shape index (κ1) is 23.1. The average Bonchev–Trinajstić information content (AvgIpc) is 2.84. The smallest absolute Gasteiger partial charge is 0.173 e. The number of carbonyl (C=O) groups excluding carboxylic acids is 1. The molecule has 2 aromatic carbocycles. The number of nitrogens with zero attached hydrogens (tertiary/aromatic N) is 4. The Bertz CT molecular complexity index is 1130. The van der Waals surface area contributed by atoms with E-state index in [0.29, 0.717) is 28.7 Å². The van der Waals surface area contributed by atoms with E-state index < -0.39 is 0 Å². The Morgan fingerprint density at radius 2 is 1.91 bits per heavy atom. The van der Waals surface area contributed by atoms with Crippen LogP contribution in [0.1, 0.15) is 33.6 Å². The van der Waals surface area contributed by atoms with E-state index >= 15 is 0 Å². The molecule has 0 amide bonds. The van der Waals surface area contributed by atoms with Crippen molar-refractivity contribution in [1.82, 2.24) is 15.3 Å². The second-order valence-electron chi connectivity index (χ2n) is 6.81. The highest BCUT2D eigenvalue weighted by molar-refractivity contribution is 8.13. The molecule has 0 aliphatic heterocycles. The molecule has 0 saturated heterocycles. The van der Waals surface area contributed by atoms with Crippen molar-refractivity contribution in [2.45, 2.75) is 19.5 Å². The molecule has 0 saturated carbocycles. The highest BCUT2D eigenvalue weighted by Gasteiger charge is 2.16. The first-order valence-electron chi connectivity index (χ1n) is 9.91. The van der Waals surface area contributed by atoms with Gasteiger partial charge in [-0.05, 0) is 29.5 Å². The van der Waals surface area contributed by atoms with Gasteiger partial charge in [0.2, 0.25) is 0 Å². The predicted molar refractivity (Wildman–Crippen MR) is 126 cm³/mol. The second-order valence-corrected chi connectivity index (χ2v) is 7.68. The normalized spacial score (nSPS) is 11.1. The van der Waals surface area contributed by atoms with E-state index in [1.165, 1.54) is 29.7 Å². The van der Waals surface area contributed by atoms with Gasteiger partial charge < -0.3 is 10.1 Å². The fourth-order valence-corrected chi connectivity index (χ4v) is 3.44. The van der Waals surface area contributed by atoms with Gasteiger partial charge in [-0.1, -0.05) is 36.4 Å². The highest BCUT2D eigenvalue weighted by Crippen LogP contribution is 2.24. The van der Waals surface area contributed by atoms with Crippen molar-refractivity contribution in [3.63, 3.8) is 0 Å². The molecule has 0 bridgehead atoms. The van der Waals surface area contributed by atoms with E-state index in [9.17, 15) is 4.79 Å². The lowest BCUT2D eigenvalue weighted by atomic mass is 10.0. The fourth-order valence-electron chi connectivity index (χ4n) is 2.98. The molecular weight excluding hydrogens is 422 g/mol. The van der Waals surface area contributed by atoms with Gasteiger partial charge in [-0.25, -0.2) is 15.0 Å². The lowest BCUT2D eigenvalue weighted by Gasteiger charge is -2.11. The third kappa shape index (κ3) is 6.48. The number of rotatable bonds is 9. The fraction of sp³-hybridized carbons (Fsp3) is 0.208. The molecule has 1 N–H and O–H groups in total. The average molecular weight is 446 g/mol. The maximum Gasteiger partial charge on any atom is 0.173 e. The van der Waals surface area contributed by atoms with Crippen LogP contribution in [0.4, 0.5) is 5.82 Å². The van der Waals surface area contributed by atoms with Gasteiger partial charge in [0.25, 0.3) is 0 Å². The number of carbonyl (C=O) groups is 1. The van der Waals surface area contributed by atoms with Crippen LogP contribution in [0.5, 0.6) is 5.75 Å². The number of aliphatic imine (C=N–C) groups is 1. The number of benzene rings is 2. The van der Waals surface area contributed by atoms with Gasteiger partial charge >= 0.3 is 0 Å². The summed E-state index contributed by atoms with van der Waals surface area (Å²) >= 11 is 1.37. The number of aromatic nitrogens is 2. The molecule has 32 heavy (non-hydrogen) atoms. The van der Waals surface area contributed by atoms with E-state index in [1.807, 2.05) is 42.7 Å². The molecule has 0 atom stereocenters. The summed E-state index contributed by atoms with van der Waals surface area (Å²) < 4.78 is 5.48. The largest absolute Gasteiger partial charge is 0.496 e. The van der Waals surface area contributed by atoms with Crippen LogP contribution in [0.3, 0.4) is 0 Å². The van der Waals surface area contributed by atoms with Crippen molar-refractivity contribution >= 4 is 28.4 Å². The van der Waals surface area contributed by atoms with Crippen molar-refractivity contribution in [1.29, 1.82) is 5.26 Å². The number of ketones is 1. The van der Waals surface area contributed by atoms with Gasteiger partial charge in [0.15, 0.2) is 17.3 Å². The minimum absolute atomic E-state index is 0.0969. The van der Waals surface area contributed by atoms with Crippen LogP contribution in [0.15, 0.2) is 65.9 Å². The van der Waals surface area contributed by atoms with E-state index in [-0.39, 0.29) is 17.9 Å². The monoisotopic (exact) mass is 445 g/mol. The molecule has 162 valence electrons. The summed E-state index contributed by atoms with van der Waals surface area (Å²) in [5.74, 6) is 0.793. The summed E-state index contributed by atoms with van der Waals surface area (Å²) in [6.07, 6.45) is 4.73. The molecule has 0 aliphatic rings. The van der Waals surface area contributed by atoms with Crippen molar-refractivity contribution in [3.05, 3.63) is 83.3 Å². The number of methoxy groups -OCH3 is 1. The molecule has 1 heterocycles. The third-order valence-electron chi connectivity index (χ3n) is 4.61. The summed E-state index contributed by atoms with van der Waals surface area (Å²) in [5, 5.41) is 12.8. The molecule has 8 heteroatoms. The number of nitriles is 1. The van der Waals surface area contributed by atoms with Crippen molar-refractivity contribution in [2.24, 2.45) is 4.99 Å². The van der Waals surface area contributed by atoms with Gasteiger partial charge in [-0.2, -0.15) is 5.26 Å². The van der Waals surface area contributed by atoms with Crippen LogP contribution in [-0.2, 0) is 13.1 Å². The Balaban J connectivity index is 1.66. The summed E-state index contributed by atoms with van der Waals surface area (Å²) in [4.78, 5) is 25.3. The van der Waals surface area contributed by atoms with Crippen molar-refractivity contribution in [3.8, 4) is 11.8 Å². The summed E-state index contributed by atoms with van der Waals surface area (Å²) in [5.41, 5.74) is 2.96. The lowest BCUT2D eigenvalue weighted by Crippen LogP contribution is -2.13. The van der Waals surface area contributed by atoms with Gasteiger partial charge in [0.1, 0.15) is 11.8 Å². The standard InChI is InChI=1S/C24H23N5O2S/c1-31-22-10-18(14-26-13-17-6-4-3-5-7-17)8-9-20(22)21(30)11-24(32-2)29-23-16-27-19(12-25)15-28-23/h3-10,15-16,26H,11,13-14H2,1-2H3. The van der Waals surface area contributed by atoms with Crippen LogP contribution < -0.4 is 10.1 Å². The Morgan fingerprint density at radius 1 is 1.12 bits per heavy atom. The topological polar surface area (TPSA) is 100 Å². The Kier molecular flexibility index (Phi) is 8.49. The van der Waals surface area contributed by atoms with E-state index in [0.717, 1.165) is 12.1 Å². The van der Waals surface area contributed by atoms with Crippen LogP contribution in [0.2, 0.25) is 0 Å². The van der Waals surface area contributed by atoms with Crippen LogP contribution in [-0.4, -0.2) is 34.2 Å². The van der Waals surface area contributed by atoms with E-state index in [2.05, 4.69) is 32.4 Å². The molecule has 3 aromatic rings. The molecule has 0 aliphatic carbocycles. The number of nitrogens with one attached hydrogen (secondary N) is 1. The first-order chi connectivity index (χ1) is 15.6. The molecule has 1 aromatic heterocycles. The minimum atomic E-state index is -0.0969. The zero-order chi connectivity index (χ0) is 22.8. The quantitative estimate of drug-likeness (QED) is 0.297. The van der Waals surface area contributed by atoms with Gasteiger partial charge in [-0.15, -0.1) is 11.8 Å². The molecule has 0 unspecified atom stereocenters. The third-order valence-corrected chi connectivity index (χ3v) is 5.31. The Labute approximate surface area is 191 Å². The Hall–Kier alpha value is -3.54. The number of hydrogen-bond acceptors (Lipinski definition) is 8.